The van der Waals surface area contributed by atoms with E-state index in [0.717, 1.165) is 30.7 Å². The molecule has 0 fully saturated rings. The van der Waals surface area contributed by atoms with E-state index in [9.17, 15) is 36.9 Å². The van der Waals surface area contributed by atoms with Crippen molar-refractivity contribution in [3.8, 4) is 11.5 Å². The first-order valence-electron chi connectivity index (χ1n) is 8.48. The number of nitrogens with two attached hydrogens (primary N) is 2. The van der Waals surface area contributed by atoms with E-state index in [1.807, 2.05) is 0 Å². The molecule has 0 bridgehead atoms. The summed E-state index contributed by atoms with van der Waals surface area (Å²) < 4.78 is 109. The Balaban J connectivity index is 2.74. The van der Waals surface area contributed by atoms with Crippen LogP contribution in [0.2, 0.25) is 0 Å². The third-order valence-corrected chi connectivity index (χ3v) is 7.41. The van der Waals surface area contributed by atoms with Gasteiger partial charge in [0.05, 0.1) is 15.7 Å². The summed E-state index contributed by atoms with van der Waals surface area (Å²) in [4.78, 5) is 11.2. The summed E-state index contributed by atoms with van der Waals surface area (Å²) in [6, 6.07) is 3.15. The molecule has 1 amide bonds. The summed E-state index contributed by atoms with van der Waals surface area (Å²) in [5.41, 5.74) is 10.1. The van der Waals surface area contributed by atoms with Gasteiger partial charge in [-0.3, -0.25) is 9.00 Å². The van der Waals surface area contributed by atoms with E-state index in [2.05, 4.69) is 4.99 Å². The Morgan fingerprint density at radius 3 is 2.12 bits per heavy atom. The number of ether oxygens (including phenoxy) is 1. The number of benzene rings is 2. The quantitative estimate of drug-likeness (QED) is 0.323. The Labute approximate surface area is 187 Å². The van der Waals surface area contributed by atoms with Gasteiger partial charge in [-0.2, -0.15) is 4.99 Å². The van der Waals surface area contributed by atoms with Gasteiger partial charge in [-0.1, -0.05) is 19.4 Å². The fraction of sp³-hybridized carbons (Fsp3) is 0.176. The van der Waals surface area contributed by atoms with Crippen molar-refractivity contribution in [2.24, 2.45) is 16.5 Å². The molecule has 0 spiro atoms. The number of sulfone groups is 1. The van der Waals surface area contributed by atoms with Gasteiger partial charge in [0.25, 0.3) is 5.91 Å². The van der Waals surface area contributed by atoms with E-state index < -0.39 is 68.9 Å². The van der Waals surface area contributed by atoms with E-state index in [4.69, 9.17) is 16.2 Å². The maximum atomic E-state index is 13.5. The molecular formula is C17H18F5N3O5S3. The summed E-state index contributed by atoms with van der Waals surface area (Å²) in [5, 5.41) is 0. The number of hydrogen-bond donors (Lipinski definition) is 2. The van der Waals surface area contributed by atoms with E-state index in [-0.39, 0.29) is 17.2 Å². The Hall–Kier alpha value is -2.72. The first-order chi connectivity index (χ1) is 14.6. The molecule has 2 rings (SSSR count). The maximum Gasteiger partial charge on any atom is 0.311 e. The summed E-state index contributed by atoms with van der Waals surface area (Å²) in [6.45, 7) is 1.33. The largest absolute Gasteiger partial charge is 0.456 e. The monoisotopic (exact) mass is 535 g/mol. The molecule has 0 aromatic heterocycles. The molecule has 184 valence electrons. The molecule has 1 atom stereocenters. The highest BCUT2D eigenvalue weighted by Crippen LogP contribution is 3.02. The molecule has 8 nitrogen and oxygen atoms in total. The van der Waals surface area contributed by atoms with Gasteiger partial charge >= 0.3 is 10.2 Å². The minimum Gasteiger partial charge on any atom is -0.456 e. The number of guanidine groups is 1. The van der Waals surface area contributed by atoms with Gasteiger partial charge in [0.1, 0.15) is 21.3 Å². The van der Waals surface area contributed by atoms with Crippen LogP contribution >= 0.6 is 10.2 Å². The Bertz CT molecular complexity index is 1320. The standard InChI is InChI=1S/C17H18F5N3O5S3/c1-9-6-12(14(32(3,28)29)8-11(9)16(26)25-17(23)24)30-10-4-5-13(31(2)27)15(7-10)33(18,19,20,21)22/h4-8H,1-3H3,(H4,23,24,25,26). The highest BCUT2D eigenvalue weighted by molar-refractivity contribution is 8.45. The molecule has 0 radical (unpaired) electrons. The van der Waals surface area contributed by atoms with Crippen LogP contribution in [0.25, 0.3) is 0 Å². The molecule has 0 saturated heterocycles. The number of aryl methyl sites for hydroxylation is 1. The van der Waals surface area contributed by atoms with Crippen LogP contribution in [0.5, 0.6) is 11.5 Å². The number of rotatable bonds is 6. The lowest BCUT2D eigenvalue weighted by atomic mass is 10.1. The Kier molecular flexibility index (Phi) is 6.16. The number of aliphatic imine (C=N–C) groups is 1. The minimum atomic E-state index is -10.3. The van der Waals surface area contributed by atoms with Crippen molar-refractivity contribution in [2.75, 3.05) is 12.5 Å². The van der Waals surface area contributed by atoms with Crippen LogP contribution < -0.4 is 16.2 Å². The molecule has 0 aliphatic carbocycles. The second-order valence-electron chi connectivity index (χ2n) is 6.86. The number of nitrogens with zero attached hydrogens (tertiary/aromatic N) is 1. The molecule has 1 unspecified atom stereocenters. The first kappa shape index (κ1) is 26.5. The van der Waals surface area contributed by atoms with Crippen molar-refractivity contribution in [2.45, 2.75) is 21.6 Å². The fourth-order valence-corrected chi connectivity index (χ4v) is 5.67. The molecule has 2 aromatic rings. The van der Waals surface area contributed by atoms with E-state index in [1.54, 1.807) is 0 Å². The molecule has 2 aromatic carbocycles. The lowest BCUT2D eigenvalue weighted by Gasteiger charge is -2.41. The minimum absolute atomic E-state index is 0.0574. The maximum absolute atomic E-state index is 13.5. The van der Waals surface area contributed by atoms with Crippen LogP contribution in [-0.2, 0) is 20.6 Å². The van der Waals surface area contributed by atoms with E-state index >= 15 is 0 Å². The average Bonchev–Trinajstić information content (AvgIpc) is 2.57. The number of carbonyl (C=O) groups is 1. The van der Waals surface area contributed by atoms with E-state index in [1.165, 1.54) is 6.92 Å². The topological polar surface area (TPSA) is 142 Å². The zero-order valence-electron chi connectivity index (χ0n) is 17.1. The molecule has 4 N–H and O–H groups in total. The average molecular weight is 536 g/mol. The van der Waals surface area contributed by atoms with Crippen molar-refractivity contribution in [3.05, 3.63) is 41.5 Å². The molecule has 0 saturated carbocycles. The van der Waals surface area contributed by atoms with Crippen LogP contribution in [0.4, 0.5) is 19.4 Å². The van der Waals surface area contributed by atoms with E-state index in [0.29, 0.717) is 6.07 Å². The second-order valence-corrected chi connectivity index (χ2v) is 12.6. The number of hydrogen-bond acceptors (Lipinski definition) is 5. The molecule has 0 aliphatic rings. The van der Waals surface area contributed by atoms with Crippen molar-refractivity contribution in [3.63, 3.8) is 0 Å². The van der Waals surface area contributed by atoms with Gasteiger partial charge in [0.15, 0.2) is 15.8 Å². The summed E-state index contributed by atoms with van der Waals surface area (Å²) in [7, 11) is -16.9. The Morgan fingerprint density at radius 2 is 1.67 bits per heavy atom. The third kappa shape index (κ3) is 6.42. The van der Waals surface area contributed by atoms with Gasteiger partial charge < -0.3 is 16.2 Å². The molecule has 0 aliphatic heterocycles. The summed E-state index contributed by atoms with van der Waals surface area (Å²) in [5.74, 6) is -2.95. The zero-order chi connectivity index (χ0) is 25.6. The first-order valence-corrected chi connectivity index (χ1v) is 13.9. The smallest absolute Gasteiger partial charge is 0.311 e. The van der Waals surface area contributed by atoms with Crippen molar-refractivity contribution >= 4 is 42.7 Å². The molecular weight excluding hydrogens is 517 g/mol. The molecule has 33 heavy (non-hydrogen) atoms. The van der Waals surface area contributed by atoms with Crippen LogP contribution in [0.1, 0.15) is 15.9 Å². The third-order valence-electron chi connectivity index (χ3n) is 4.02. The zero-order valence-corrected chi connectivity index (χ0v) is 19.6. The van der Waals surface area contributed by atoms with Crippen molar-refractivity contribution in [1.29, 1.82) is 0 Å². The van der Waals surface area contributed by atoms with Gasteiger partial charge in [-0.25, -0.2) is 8.42 Å². The fourth-order valence-electron chi connectivity index (χ4n) is 2.66. The van der Waals surface area contributed by atoms with Crippen LogP contribution in [-0.4, -0.2) is 37.0 Å². The lowest BCUT2D eigenvalue weighted by Crippen LogP contribution is -2.24. The lowest BCUT2D eigenvalue weighted by molar-refractivity contribution is 0.100. The van der Waals surface area contributed by atoms with Gasteiger partial charge in [-0.15, -0.1) is 0 Å². The highest BCUT2D eigenvalue weighted by atomic mass is 32.5. The van der Waals surface area contributed by atoms with Crippen molar-refractivity contribution < 1.29 is 41.6 Å². The van der Waals surface area contributed by atoms with Crippen molar-refractivity contribution in [1.82, 2.24) is 0 Å². The normalized spacial score (nSPS) is 15.2. The van der Waals surface area contributed by atoms with Crippen LogP contribution in [0.3, 0.4) is 0 Å². The number of carbonyl (C=O) groups excluding carboxylic acids is 1. The summed E-state index contributed by atoms with van der Waals surface area (Å²) in [6.07, 6.45) is 1.52. The SMILES string of the molecule is Cc1cc(Oc2ccc(S(C)=O)c(S(F)(F)(F)(F)F)c2)c(S(C)(=O)=O)cc1C(=O)N=C(N)N. The van der Waals surface area contributed by atoms with Gasteiger partial charge in [0, 0.05) is 24.1 Å². The van der Waals surface area contributed by atoms with Gasteiger partial charge in [-0.05, 0) is 36.8 Å². The predicted octanol–water partition coefficient (Wildman–Crippen LogP) is 4.00. The van der Waals surface area contributed by atoms with Crippen LogP contribution in [0, 0.1) is 6.92 Å². The number of amides is 1. The number of halogens is 5. The molecule has 0 heterocycles. The summed E-state index contributed by atoms with van der Waals surface area (Å²) >= 11 is 0. The predicted molar refractivity (Wildman–Crippen MR) is 115 cm³/mol. The highest BCUT2D eigenvalue weighted by Gasteiger charge is 2.67. The second kappa shape index (κ2) is 7.66. The van der Waals surface area contributed by atoms with Gasteiger partial charge in [0.2, 0.25) is 0 Å². The Morgan fingerprint density at radius 1 is 1.09 bits per heavy atom. The molecule has 16 heteroatoms. The van der Waals surface area contributed by atoms with Crippen LogP contribution in [0.15, 0.2) is 50.0 Å².